The van der Waals surface area contributed by atoms with Crippen LogP contribution in [0.5, 0.6) is 0 Å². The minimum absolute atomic E-state index is 0.0418. The van der Waals surface area contributed by atoms with E-state index in [4.69, 9.17) is 14.0 Å². The van der Waals surface area contributed by atoms with Crippen molar-refractivity contribution in [1.29, 1.82) is 0 Å². The maximum absolute atomic E-state index is 11.7. The highest BCUT2D eigenvalue weighted by molar-refractivity contribution is 5.77. The van der Waals surface area contributed by atoms with Gasteiger partial charge in [-0.3, -0.25) is 4.79 Å². The molecule has 1 saturated heterocycles. The lowest BCUT2D eigenvalue weighted by molar-refractivity contribution is -0.128. The quantitative estimate of drug-likeness (QED) is 0.871. The second kappa shape index (κ2) is 7.74. The van der Waals surface area contributed by atoms with Gasteiger partial charge in [-0.25, -0.2) is 0 Å². The Labute approximate surface area is 131 Å². The van der Waals surface area contributed by atoms with Gasteiger partial charge in [0.2, 0.25) is 5.91 Å². The summed E-state index contributed by atoms with van der Waals surface area (Å²) in [4.78, 5) is 11.7. The standard InChI is InChI=1S/C16H26N2O4/c1-16(2,3)14-8-13(22-18-14)9-17-15(19)11-20-10-12-6-4-5-7-21-12/h8,12H,4-7,9-11H2,1-3H3,(H,17,19). The molecular weight excluding hydrogens is 284 g/mol. The lowest BCUT2D eigenvalue weighted by Gasteiger charge is -2.22. The first-order chi connectivity index (χ1) is 10.4. The zero-order valence-electron chi connectivity index (χ0n) is 13.7. The normalized spacial score (nSPS) is 19.1. The molecule has 22 heavy (non-hydrogen) atoms. The van der Waals surface area contributed by atoms with Crippen LogP contribution in [0, 0.1) is 0 Å². The average molecular weight is 310 g/mol. The SMILES string of the molecule is CC(C)(C)c1cc(CNC(=O)COCC2CCCCO2)on1. The van der Waals surface area contributed by atoms with E-state index in [0.29, 0.717) is 18.9 Å². The summed E-state index contributed by atoms with van der Waals surface area (Å²) in [5.41, 5.74) is 0.817. The summed E-state index contributed by atoms with van der Waals surface area (Å²) >= 11 is 0. The molecule has 0 aromatic carbocycles. The van der Waals surface area contributed by atoms with Crippen LogP contribution in [0.25, 0.3) is 0 Å². The number of carbonyl (C=O) groups is 1. The van der Waals surface area contributed by atoms with Crippen molar-refractivity contribution in [1.82, 2.24) is 10.5 Å². The van der Waals surface area contributed by atoms with E-state index < -0.39 is 0 Å². The fourth-order valence-corrected chi connectivity index (χ4v) is 2.21. The topological polar surface area (TPSA) is 73.6 Å². The molecule has 1 aromatic rings. The fraction of sp³-hybridized carbons (Fsp3) is 0.750. The Morgan fingerprint density at radius 2 is 2.27 bits per heavy atom. The smallest absolute Gasteiger partial charge is 0.246 e. The number of ether oxygens (including phenoxy) is 2. The van der Waals surface area contributed by atoms with Gasteiger partial charge in [-0.1, -0.05) is 25.9 Å². The van der Waals surface area contributed by atoms with Gasteiger partial charge in [0.05, 0.1) is 24.9 Å². The van der Waals surface area contributed by atoms with Crippen LogP contribution >= 0.6 is 0 Å². The zero-order valence-corrected chi connectivity index (χ0v) is 13.7. The zero-order chi connectivity index (χ0) is 16.0. The third-order valence-electron chi connectivity index (χ3n) is 3.60. The van der Waals surface area contributed by atoms with E-state index in [1.54, 1.807) is 0 Å². The van der Waals surface area contributed by atoms with Gasteiger partial charge in [0.15, 0.2) is 5.76 Å². The van der Waals surface area contributed by atoms with E-state index in [-0.39, 0.29) is 24.0 Å². The lowest BCUT2D eigenvalue weighted by atomic mass is 9.92. The molecule has 1 N–H and O–H groups in total. The van der Waals surface area contributed by atoms with Gasteiger partial charge in [-0.2, -0.15) is 0 Å². The number of nitrogens with zero attached hydrogens (tertiary/aromatic N) is 1. The molecule has 1 unspecified atom stereocenters. The maximum Gasteiger partial charge on any atom is 0.246 e. The summed E-state index contributed by atoms with van der Waals surface area (Å²) in [7, 11) is 0. The van der Waals surface area contributed by atoms with Crippen LogP contribution in [0.1, 0.15) is 51.5 Å². The molecule has 124 valence electrons. The highest BCUT2D eigenvalue weighted by atomic mass is 16.5. The van der Waals surface area contributed by atoms with E-state index in [2.05, 4.69) is 31.2 Å². The predicted octanol–water partition coefficient (Wildman–Crippen LogP) is 2.17. The van der Waals surface area contributed by atoms with Crippen LogP contribution in [0.15, 0.2) is 10.6 Å². The Bertz CT molecular complexity index is 473. The number of carbonyl (C=O) groups excluding carboxylic acids is 1. The van der Waals surface area contributed by atoms with Crippen LogP contribution in [0.2, 0.25) is 0 Å². The van der Waals surface area contributed by atoms with Crippen molar-refractivity contribution in [2.45, 2.75) is 58.1 Å². The lowest BCUT2D eigenvalue weighted by Crippen LogP contribution is -2.30. The van der Waals surface area contributed by atoms with E-state index in [0.717, 1.165) is 25.1 Å². The molecule has 0 radical (unpaired) electrons. The monoisotopic (exact) mass is 310 g/mol. The fourth-order valence-electron chi connectivity index (χ4n) is 2.21. The Balaban J connectivity index is 1.64. The maximum atomic E-state index is 11.7. The third kappa shape index (κ3) is 5.42. The van der Waals surface area contributed by atoms with Crippen molar-refractivity contribution >= 4 is 5.91 Å². The van der Waals surface area contributed by atoms with E-state index in [9.17, 15) is 4.79 Å². The summed E-state index contributed by atoms with van der Waals surface area (Å²) in [5, 5.41) is 6.78. The molecule has 1 fully saturated rings. The number of hydrogen-bond acceptors (Lipinski definition) is 5. The predicted molar refractivity (Wildman–Crippen MR) is 81.5 cm³/mol. The van der Waals surface area contributed by atoms with Gasteiger partial charge in [0.1, 0.15) is 6.61 Å². The van der Waals surface area contributed by atoms with Gasteiger partial charge in [0.25, 0.3) is 0 Å². The minimum Gasteiger partial charge on any atom is -0.376 e. The number of nitrogens with one attached hydrogen (secondary N) is 1. The molecule has 6 heteroatoms. The molecule has 0 bridgehead atoms. The van der Waals surface area contributed by atoms with Crippen molar-refractivity contribution in [3.05, 3.63) is 17.5 Å². The Hall–Kier alpha value is -1.40. The molecule has 1 atom stereocenters. The van der Waals surface area contributed by atoms with Crippen molar-refractivity contribution in [3.8, 4) is 0 Å². The molecule has 0 spiro atoms. The van der Waals surface area contributed by atoms with Gasteiger partial charge in [-0.05, 0) is 19.3 Å². The third-order valence-corrected chi connectivity index (χ3v) is 3.60. The summed E-state index contributed by atoms with van der Waals surface area (Å²) < 4.78 is 16.2. The number of amides is 1. The van der Waals surface area contributed by atoms with Crippen molar-refractivity contribution in [3.63, 3.8) is 0 Å². The van der Waals surface area contributed by atoms with Crippen molar-refractivity contribution in [2.24, 2.45) is 0 Å². The van der Waals surface area contributed by atoms with E-state index in [1.165, 1.54) is 6.42 Å². The molecule has 1 aliphatic rings. The first-order valence-corrected chi connectivity index (χ1v) is 7.87. The molecule has 1 aromatic heterocycles. The Morgan fingerprint density at radius 1 is 1.45 bits per heavy atom. The van der Waals surface area contributed by atoms with Crippen LogP contribution in [0.4, 0.5) is 0 Å². The first-order valence-electron chi connectivity index (χ1n) is 7.87. The highest BCUT2D eigenvalue weighted by Crippen LogP contribution is 2.21. The Kier molecular flexibility index (Phi) is 5.97. The molecule has 0 saturated carbocycles. The second-order valence-corrected chi connectivity index (χ2v) is 6.71. The summed E-state index contributed by atoms with van der Waals surface area (Å²) in [6.45, 7) is 7.83. The van der Waals surface area contributed by atoms with Crippen molar-refractivity contribution in [2.75, 3.05) is 19.8 Å². The minimum atomic E-state index is -0.162. The van der Waals surface area contributed by atoms with Gasteiger partial charge < -0.3 is 19.3 Å². The molecule has 2 rings (SSSR count). The molecule has 6 nitrogen and oxygen atoms in total. The number of hydrogen-bond donors (Lipinski definition) is 1. The summed E-state index contributed by atoms with van der Waals surface area (Å²) in [5.74, 6) is 0.485. The Morgan fingerprint density at radius 3 is 2.91 bits per heavy atom. The summed E-state index contributed by atoms with van der Waals surface area (Å²) in [6.07, 6.45) is 3.42. The molecule has 2 heterocycles. The number of aromatic nitrogens is 1. The largest absolute Gasteiger partial charge is 0.376 e. The van der Waals surface area contributed by atoms with Gasteiger partial charge in [0, 0.05) is 18.1 Å². The van der Waals surface area contributed by atoms with Crippen molar-refractivity contribution < 1.29 is 18.8 Å². The van der Waals surface area contributed by atoms with Gasteiger partial charge in [-0.15, -0.1) is 0 Å². The van der Waals surface area contributed by atoms with Crippen LogP contribution in [-0.4, -0.2) is 37.0 Å². The first kappa shape index (κ1) is 17.0. The van der Waals surface area contributed by atoms with Gasteiger partial charge >= 0.3 is 0 Å². The molecule has 1 amide bonds. The highest BCUT2D eigenvalue weighted by Gasteiger charge is 2.19. The molecule has 1 aliphatic heterocycles. The molecular formula is C16H26N2O4. The second-order valence-electron chi connectivity index (χ2n) is 6.71. The van der Waals surface area contributed by atoms with E-state index in [1.807, 2.05) is 6.07 Å². The van der Waals surface area contributed by atoms with E-state index >= 15 is 0 Å². The molecule has 0 aliphatic carbocycles. The van der Waals surface area contributed by atoms with Crippen LogP contribution in [0.3, 0.4) is 0 Å². The van der Waals surface area contributed by atoms with Crippen LogP contribution < -0.4 is 5.32 Å². The number of rotatable bonds is 6. The average Bonchev–Trinajstić information content (AvgIpc) is 2.95. The summed E-state index contributed by atoms with van der Waals surface area (Å²) in [6, 6.07) is 1.87. The van der Waals surface area contributed by atoms with Crippen LogP contribution in [-0.2, 0) is 26.2 Å².